The summed E-state index contributed by atoms with van der Waals surface area (Å²) in [5.74, 6) is 1.75. The van der Waals surface area contributed by atoms with Crippen LogP contribution in [-0.4, -0.2) is 31.0 Å². The zero-order chi connectivity index (χ0) is 20.5. The molecule has 1 fully saturated rings. The maximum Gasteiger partial charge on any atom is 0.226 e. The number of methoxy groups -OCH3 is 1. The third-order valence-electron chi connectivity index (χ3n) is 5.50. The molecule has 1 aliphatic carbocycles. The van der Waals surface area contributed by atoms with Gasteiger partial charge in [0.2, 0.25) is 5.91 Å². The van der Waals surface area contributed by atoms with Crippen molar-refractivity contribution in [1.82, 2.24) is 4.90 Å². The zero-order valence-electron chi connectivity index (χ0n) is 17.3. The first-order valence-electron chi connectivity index (χ1n) is 10.5. The highest BCUT2D eigenvalue weighted by atomic mass is 16.5. The molecule has 3 rings (SSSR count). The van der Waals surface area contributed by atoms with Crippen molar-refractivity contribution in [1.29, 1.82) is 0 Å². The van der Waals surface area contributed by atoms with Crippen molar-refractivity contribution in [2.24, 2.45) is 11.7 Å². The highest BCUT2D eigenvalue weighted by molar-refractivity contribution is 5.79. The van der Waals surface area contributed by atoms with Gasteiger partial charge in [-0.15, -0.1) is 0 Å². The van der Waals surface area contributed by atoms with Crippen molar-refractivity contribution in [2.45, 2.75) is 45.3 Å². The van der Waals surface area contributed by atoms with Gasteiger partial charge in [0.15, 0.2) is 11.5 Å². The summed E-state index contributed by atoms with van der Waals surface area (Å²) in [6.07, 6.45) is 5.52. The van der Waals surface area contributed by atoms with Crippen molar-refractivity contribution in [3.63, 3.8) is 0 Å². The van der Waals surface area contributed by atoms with Gasteiger partial charge in [-0.2, -0.15) is 0 Å². The van der Waals surface area contributed by atoms with E-state index in [1.807, 2.05) is 53.4 Å². The van der Waals surface area contributed by atoms with Gasteiger partial charge in [0, 0.05) is 25.6 Å². The van der Waals surface area contributed by atoms with Gasteiger partial charge in [-0.3, -0.25) is 4.79 Å². The van der Waals surface area contributed by atoms with Crippen LogP contribution in [0.5, 0.6) is 11.5 Å². The summed E-state index contributed by atoms with van der Waals surface area (Å²) in [5.41, 5.74) is 7.91. The minimum absolute atomic E-state index is 0.144. The number of ether oxygens (including phenoxy) is 2. The lowest BCUT2D eigenvalue weighted by molar-refractivity contribution is -0.137. The quantitative estimate of drug-likeness (QED) is 0.692. The summed E-state index contributed by atoms with van der Waals surface area (Å²) in [4.78, 5) is 14.9. The van der Waals surface area contributed by atoms with Gasteiger partial charge in [0.25, 0.3) is 0 Å². The van der Waals surface area contributed by atoms with Crippen LogP contribution < -0.4 is 15.2 Å². The molecule has 1 saturated carbocycles. The van der Waals surface area contributed by atoms with Crippen LogP contribution in [0, 0.1) is 5.92 Å². The Morgan fingerprint density at radius 3 is 2.48 bits per heavy atom. The Balaban J connectivity index is 1.67. The molecule has 0 aromatic heterocycles. The van der Waals surface area contributed by atoms with Crippen LogP contribution in [0.2, 0.25) is 0 Å². The molecule has 0 saturated heterocycles. The van der Waals surface area contributed by atoms with Gasteiger partial charge < -0.3 is 20.1 Å². The second-order valence-electron chi connectivity index (χ2n) is 7.64. The number of amides is 1. The Hall–Kier alpha value is -2.53. The lowest BCUT2D eigenvalue weighted by Gasteiger charge is -2.29. The fraction of sp³-hybridized carbons (Fsp3) is 0.458. The first-order valence-corrected chi connectivity index (χ1v) is 10.5. The second-order valence-corrected chi connectivity index (χ2v) is 7.64. The van der Waals surface area contributed by atoms with E-state index in [0.717, 1.165) is 36.8 Å². The normalized spacial score (nSPS) is 14.4. The Morgan fingerprint density at radius 2 is 1.79 bits per heavy atom. The average Bonchev–Trinajstić information content (AvgIpc) is 2.78. The Morgan fingerprint density at radius 1 is 1.03 bits per heavy atom. The molecule has 29 heavy (non-hydrogen) atoms. The Labute approximate surface area is 173 Å². The molecule has 0 unspecified atom stereocenters. The number of rotatable bonds is 9. The number of hydrogen-bond donors (Lipinski definition) is 1. The molecule has 5 heteroatoms. The molecular formula is C24H32N2O3. The molecule has 2 N–H and O–H groups in total. The van der Waals surface area contributed by atoms with Gasteiger partial charge in [-0.05, 0) is 36.1 Å². The summed E-state index contributed by atoms with van der Waals surface area (Å²) in [5, 5.41) is 0. The van der Waals surface area contributed by atoms with Crippen molar-refractivity contribution < 1.29 is 14.3 Å². The van der Waals surface area contributed by atoms with Crippen LogP contribution in [0.25, 0.3) is 0 Å². The van der Waals surface area contributed by atoms with E-state index < -0.39 is 0 Å². The predicted molar refractivity (Wildman–Crippen MR) is 115 cm³/mol. The van der Waals surface area contributed by atoms with Gasteiger partial charge in [0.1, 0.15) is 6.61 Å². The van der Waals surface area contributed by atoms with Gasteiger partial charge >= 0.3 is 0 Å². The van der Waals surface area contributed by atoms with Gasteiger partial charge in [0.05, 0.1) is 7.11 Å². The topological polar surface area (TPSA) is 64.8 Å². The standard InChI is InChI=1S/C24H32N2O3/c1-28-23-16-20(12-13-22(23)29-18-19-8-4-2-5-9-19)17-26(15-14-25)24(27)21-10-6-3-7-11-21/h2,4-5,8-9,12-13,16,21H,3,6-7,10-11,14-15,17-18,25H2,1H3. The third-order valence-corrected chi connectivity index (χ3v) is 5.50. The molecule has 1 aliphatic rings. The molecule has 2 aromatic rings. The number of nitrogens with zero attached hydrogens (tertiary/aromatic N) is 1. The molecule has 0 radical (unpaired) electrons. The van der Waals surface area contributed by atoms with Crippen molar-refractivity contribution >= 4 is 5.91 Å². The monoisotopic (exact) mass is 396 g/mol. The van der Waals surface area contributed by atoms with Crippen molar-refractivity contribution in [2.75, 3.05) is 20.2 Å². The summed E-state index contributed by atoms with van der Waals surface area (Å²) in [6, 6.07) is 15.9. The van der Waals surface area contributed by atoms with Crippen LogP contribution in [0.4, 0.5) is 0 Å². The SMILES string of the molecule is COc1cc(CN(CCN)C(=O)C2CCCCC2)ccc1OCc1ccccc1. The van der Waals surface area contributed by atoms with Crippen LogP contribution in [-0.2, 0) is 17.9 Å². The van der Waals surface area contributed by atoms with E-state index in [4.69, 9.17) is 15.2 Å². The number of hydrogen-bond acceptors (Lipinski definition) is 4. The number of carbonyl (C=O) groups is 1. The van der Waals surface area contributed by atoms with E-state index in [2.05, 4.69) is 0 Å². The first kappa shape index (κ1) is 21.2. The first-order chi connectivity index (χ1) is 14.2. The Kier molecular flexibility index (Phi) is 7.94. The molecule has 0 atom stereocenters. The molecule has 0 bridgehead atoms. The van der Waals surface area contributed by atoms with Crippen LogP contribution in [0.15, 0.2) is 48.5 Å². The van der Waals surface area contributed by atoms with Gasteiger partial charge in [-0.1, -0.05) is 55.7 Å². The van der Waals surface area contributed by atoms with Crippen molar-refractivity contribution in [3.05, 3.63) is 59.7 Å². The highest BCUT2D eigenvalue weighted by Gasteiger charge is 2.25. The summed E-state index contributed by atoms with van der Waals surface area (Å²) >= 11 is 0. The highest BCUT2D eigenvalue weighted by Crippen LogP contribution is 2.30. The summed E-state index contributed by atoms with van der Waals surface area (Å²) in [7, 11) is 1.64. The van der Waals surface area contributed by atoms with E-state index in [0.29, 0.717) is 37.7 Å². The van der Waals surface area contributed by atoms with E-state index in [-0.39, 0.29) is 11.8 Å². The minimum Gasteiger partial charge on any atom is -0.493 e. The largest absolute Gasteiger partial charge is 0.493 e. The average molecular weight is 397 g/mol. The fourth-order valence-corrected chi connectivity index (χ4v) is 3.92. The summed E-state index contributed by atoms with van der Waals surface area (Å²) < 4.78 is 11.5. The van der Waals surface area contributed by atoms with E-state index in [9.17, 15) is 4.79 Å². The fourth-order valence-electron chi connectivity index (χ4n) is 3.92. The molecular weight excluding hydrogens is 364 g/mol. The van der Waals surface area contributed by atoms with Crippen LogP contribution >= 0.6 is 0 Å². The summed E-state index contributed by atoms with van der Waals surface area (Å²) in [6.45, 7) is 2.07. The lowest BCUT2D eigenvalue weighted by atomic mass is 9.88. The smallest absolute Gasteiger partial charge is 0.226 e. The number of carbonyl (C=O) groups excluding carboxylic acids is 1. The minimum atomic E-state index is 0.144. The molecule has 0 spiro atoms. The van der Waals surface area contributed by atoms with Crippen molar-refractivity contribution in [3.8, 4) is 11.5 Å². The number of benzene rings is 2. The molecule has 5 nitrogen and oxygen atoms in total. The molecule has 156 valence electrons. The Bertz CT molecular complexity index is 773. The molecule has 0 heterocycles. The predicted octanol–water partition coefficient (Wildman–Crippen LogP) is 4.14. The van der Waals surface area contributed by atoms with E-state index in [1.165, 1.54) is 6.42 Å². The van der Waals surface area contributed by atoms with E-state index >= 15 is 0 Å². The third kappa shape index (κ3) is 5.97. The number of nitrogens with two attached hydrogens (primary N) is 1. The van der Waals surface area contributed by atoms with Crippen LogP contribution in [0.3, 0.4) is 0 Å². The molecule has 0 aliphatic heterocycles. The molecule has 1 amide bonds. The maximum atomic E-state index is 13.0. The zero-order valence-corrected chi connectivity index (χ0v) is 17.3. The maximum absolute atomic E-state index is 13.0. The lowest BCUT2D eigenvalue weighted by Crippen LogP contribution is -2.39. The van der Waals surface area contributed by atoms with Gasteiger partial charge in [-0.25, -0.2) is 0 Å². The second kappa shape index (κ2) is 10.9. The van der Waals surface area contributed by atoms with E-state index in [1.54, 1.807) is 7.11 Å². The van der Waals surface area contributed by atoms with Crippen LogP contribution in [0.1, 0.15) is 43.2 Å². The molecule has 2 aromatic carbocycles.